The van der Waals surface area contributed by atoms with Crippen molar-refractivity contribution in [2.45, 2.75) is 39.7 Å². The normalized spacial score (nSPS) is 16.0. The third kappa shape index (κ3) is 4.66. The third-order valence-corrected chi connectivity index (χ3v) is 4.56. The van der Waals surface area contributed by atoms with Crippen molar-refractivity contribution in [2.75, 3.05) is 37.6 Å². The molecule has 1 aromatic rings. The second-order valence-electron chi connectivity index (χ2n) is 6.14. The molecule has 132 valence electrons. The Bertz CT molecular complexity index is 543. The predicted molar refractivity (Wildman–Crippen MR) is 92.6 cm³/mol. The lowest BCUT2D eigenvalue weighted by Gasteiger charge is -2.35. The van der Waals surface area contributed by atoms with Crippen LogP contribution < -0.4 is 4.90 Å². The molecule has 1 atom stereocenters. The molecule has 1 unspecified atom stereocenters. The SMILES string of the molecule is CCC(C)N(CCC(=O)N1CCN(c2ncccn2)CC1)C(C)=O. The fraction of sp³-hybridized carbons (Fsp3) is 0.647. The monoisotopic (exact) mass is 333 g/mol. The molecule has 0 aliphatic carbocycles. The summed E-state index contributed by atoms with van der Waals surface area (Å²) in [7, 11) is 0. The largest absolute Gasteiger partial charge is 0.340 e. The first kappa shape index (κ1) is 18.2. The molecule has 2 heterocycles. The summed E-state index contributed by atoms with van der Waals surface area (Å²) in [6.07, 6.45) is 4.73. The number of carbonyl (C=O) groups is 2. The van der Waals surface area contributed by atoms with Gasteiger partial charge in [0.05, 0.1) is 0 Å². The quantitative estimate of drug-likeness (QED) is 0.781. The molecular weight excluding hydrogens is 306 g/mol. The van der Waals surface area contributed by atoms with Crippen LogP contribution in [0.25, 0.3) is 0 Å². The van der Waals surface area contributed by atoms with Gasteiger partial charge in [0.25, 0.3) is 0 Å². The average molecular weight is 333 g/mol. The molecule has 7 nitrogen and oxygen atoms in total. The number of aromatic nitrogens is 2. The minimum absolute atomic E-state index is 0.0307. The van der Waals surface area contributed by atoms with Gasteiger partial charge in [-0.25, -0.2) is 9.97 Å². The predicted octanol–water partition coefficient (Wildman–Crippen LogP) is 1.16. The Morgan fingerprint density at radius 3 is 2.38 bits per heavy atom. The number of rotatable bonds is 6. The molecule has 7 heteroatoms. The number of carbonyl (C=O) groups excluding carboxylic acids is 2. The van der Waals surface area contributed by atoms with Crippen LogP contribution in [0.15, 0.2) is 18.5 Å². The Hall–Kier alpha value is -2.18. The Morgan fingerprint density at radius 2 is 1.83 bits per heavy atom. The molecule has 1 aliphatic heterocycles. The molecule has 1 aromatic heterocycles. The Balaban J connectivity index is 1.81. The van der Waals surface area contributed by atoms with Gasteiger partial charge < -0.3 is 14.7 Å². The zero-order valence-corrected chi connectivity index (χ0v) is 14.8. The smallest absolute Gasteiger partial charge is 0.225 e. The van der Waals surface area contributed by atoms with E-state index >= 15 is 0 Å². The van der Waals surface area contributed by atoms with Crippen LogP contribution >= 0.6 is 0 Å². The maximum absolute atomic E-state index is 12.4. The highest BCUT2D eigenvalue weighted by molar-refractivity contribution is 5.78. The lowest BCUT2D eigenvalue weighted by atomic mass is 10.2. The zero-order chi connectivity index (χ0) is 17.5. The summed E-state index contributed by atoms with van der Waals surface area (Å²) in [4.78, 5) is 38.4. The minimum Gasteiger partial charge on any atom is -0.340 e. The van der Waals surface area contributed by atoms with E-state index in [1.165, 1.54) is 0 Å². The van der Waals surface area contributed by atoms with Gasteiger partial charge in [-0.2, -0.15) is 0 Å². The highest BCUT2D eigenvalue weighted by Crippen LogP contribution is 2.11. The highest BCUT2D eigenvalue weighted by Gasteiger charge is 2.23. The van der Waals surface area contributed by atoms with Crippen LogP contribution in [0.5, 0.6) is 0 Å². The van der Waals surface area contributed by atoms with Gasteiger partial charge in [0.1, 0.15) is 0 Å². The first-order valence-electron chi connectivity index (χ1n) is 8.59. The summed E-state index contributed by atoms with van der Waals surface area (Å²) in [5.74, 6) is 0.852. The number of nitrogens with zero attached hydrogens (tertiary/aromatic N) is 5. The van der Waals surface area contributed by atoms with Gasteiger partial charge in [0, 0.05) is 64.5 Å². The van der Waals surface area contributed by atoms with E-state index in [2.05, 4.69) is 14.9 Å². The van der Waals surface area contributed by atoms with Gasteiger partial charge in [-0.1, -0.05) is 6.92 Å². The Labute approximate surface area is 143 Å². The summed E-state index contributed by atoms with van der Waals surface area (Å²) < 4.78 is 0. The van der Waals surface area contributed by atoms with Crippen molar-refractivity contribution in [1.29, 1.82) is 0 Å². The van der Waals surface area contributed by atoms with Crippen molar-refractivity contribution in [3.63, 3.8) is 0 Å². The molecule has 0 N–H and O–H groups in total. The van der Waals surface area contributed by atoms with Crippen LogP contribution in [0.1, 0.15) is 33.6 Å². The maximum atomic E-state index is 12.4. The molecule has 2 rings (SSSR count). The van der Waals surface area contributed by atoms with Gasteiger partial charge in [0.15, 0.2) is 0 Å². The van der Waals surface area contributed by atoms with E-state index in [1.807, 2.05) is 18.7 Å². The van der Waals surface area contributed by atoms with E-state index in [-0.39, 0.29) is 17.9 Å². The first-order valence-corrected chi connectivity index (χ1v) is 8.59. The van der Waals surface area contributed by atoms with E-state index in [4.69, 9.17) is 0 Å². The maximum Gasteiger partial charge on any atom is 0.225 e. The van der Waals surface area contributed by atoms with Crippen LogP contribution in [0.3, 0.4) is 0 Å². The Morgan fingerprint density at radius 1 is 1.21 bits per heavy atom. The topological polar surface area (TPSA) is 69.6 Å². The second-order valence-corrected chi connectivity index (χ2v) is 6.14. The van der Waals surface area contributed by atoms with Crippen LogP contribution in [-0.2, 0) is 9.59 Å². The van der Waals surface area contributed by atoms with E-state index in [1.54, 1.807) is 30.3 Å². The fourth-order valence-electron chi connectivity index (χ4n) is 2.89. The number of hydrogen-bond acceptors (Lipinski definition) is 5. The van der Waals surface area contributed by atoms with Crippen molar-refractivity contribution in [3.8, 4) is 0 Å². The molecule has 0 radical (unpaired) electrons. The molecule has 1 aliphatic rings. The third-order valence-electron chi connectivity index (χ3n) is 4.56. The number of amides is 2. The van der Waals surface area contributed by atoms with Crippen LogP contribution in [0, 0.1) is 0 Å². The summed E-state index contributed by atoms with van der Waals surface area (Å²) in [6, 6.07) is 1.96. The molecule has 24 heavy (non-hydrogen) atoms. The zero-order valence-electron chi connectivity index (χ0n) is 14.8. The van der Waals surface area contributed by atoms with E-state index < -0.39 is 0 Å². The average Bonchev–Trinajstić information content (AvgIpc) is 2.62. The van der Waals surface area contributed by atoms with Crippen molar-refractivity contribution < 1.29 is 9.59 Å². The highest BCUT2D eigenvalue weighted by atomic mass is 16.2. The van der Waals surface area contributed by atoms with Gasteiger partial charge in [-0.05, 0) is 19.4 Å². The van der Waals surface area contributed by atoms with Crippen LogP contribution in [0.2, 0.25) is 0 Å². The van der Waals surface area contributed by atoms with Crippen molar-refractivity contribution in [2.24, 2.45) is 0 Å². The molecule has 0 aromatic carbocycles. The molecular formula is C17H27N5O2. The molecule has 0 spiro atoms. The molecule has 0 bridgehead atoms. The molecule has 2 amide bonds. The van der Waals surface area contributed by atoms with E-state index in [9.17, 15) is 9.59 Å². The summed E-state index contributed by atoms with van der Waals surface area (Å²) in [5, 5.41) is 0. The second kappa shape index (κ2) is 8.61. The van der Waals surface area contributed by atoms with Gasteiger partial charge in [-0.3, -0.25) is 9.59 Å². The summed E-state index contributed by atoms with van der Waals surface area (Å²) in [5.41, 5.74) is 0. The Kier molecular flexibility index (Phi) is 6.52. The first-order chi connectivity index (χ1) is 11.5. The molecule has 1 saturated heterocycles. The van der Waals surface area contributed by atoms with Crippen molar-refractivity contribution >= 4 is 17.8 Å². The molecule has 1 fully saturated rings. The standard InChI is InChI=1S/C17H27N5O2/c1-4-14(2)22(15(3)23)9-6-16(24)20-10-12-21(13-11-20)17-18-7-5-8-19-17/h5,7-8,14H,4,6,9-13H2,1-3H3. The van der Waals surface area contributed by atoms with Gasteiger partial charge in [-0.15, -0.1) is 0 Å². The van der Waals surface area contributed by atoms with Gasteiger partial charge >= 0.3 is 0 Å². The lowest BCUT2D eigenvalue weighted by Crippen LogP contribution is -2.50. The number of piperazine rings is 1. The van der Waals surface area contributed by atoms with E-state index in [0.717, 1.165) is 19.5 Å². The van der Waals surface area contributed by atoms with Gasteiger partial charge in [0.2, 0.25) is 17.8 Å². The van der Waals surface area contributed by atoms with E-state index in [0.29, 0.717) is 32.0 Å². The van der Waals surface area contributed by atoms with Crippen LogP contribution in [0.4, 0.5) is 5.95 Å². The summed E-state index contributed by atoms with van der Waals surface area (Å²) in [6.45, 7) is 8.92. The van der Waals surface area contributed by atoms with Crippen LogP contribution in [-0.4, -0.2) is 70.3 Å². The molecule has 0 saturated carbocycles. The van der Waals surface area contributed by atoms with Crippen molar-refractivity contribution in [3.05, 3.63) is 18.5 Å². The summed E-state index contributed by atoms with van der Waals surface area (Å²) >= 11 is 0. The minimum atomic E-state index is 0.0307. The van der Waals surface area contributed by atoms with Crippen molar-refractivity contribution in [1.82, 2.24) is 19.8 Å². The lowest BCUT2D eigenvalue weighted by molar-refractivity contribution is -0.134. The fourth-order valence-corrected chi connectivity index (χ4v) is 2.89. The number of anilines is 1. The number of hydrogen-bond donors (Lipinski definition) is 0.